The number of nitrogens with zero attached hydrogens (tertiary/aromatic N) is 2. The molecule has 5 rings (SSSR count). The van der Waals surface area contributed by atoms with Gasteiger partial charge < -0.3 is 20.3 Å². The summed E-state index contributed by atoms with van der Waals surface area (Å²) in [7, 11) is 0. The van der Waals surface area contributed by atoms with Crippen molar-refractivity contribution in [2.24, 2.45) is 0 Å². The SMILES string of the molecule is Cc1[nH]c2c(c1C(=O)N1CCN(CCO)CC1)CCC/C2=C1/C(=O)Nc2ccc(F)cc21. The highest BCUT2D eigenvalue weighted by Crippen LogP contribution is 2.43. The highest BCUT2D eigenvalue weighted by Gasteiger charge is 2.34. The lowest BCUT2D eigenvalue weighted by molar-refractivity contribution is -0.110. The summed E-state index contributed by atoms with van der Waals surface area (Å²) in [6, 6.07) is 4.33. The van der Waals surface area contributed by atoms with Crippen molar-refractivity contribution in [3.05, 3.63) is 52.1 Å². The quantitative estimate of drug-likeness (QED) is 0.643. The largest absolute Gasteiger partial charge is 0.395 e. The molecule has 3 N–H and O–H groups in total. The van der Waals surface area contributed by atoms with Gasteiger partial charge in [0.15, 0.2) is 0 Å². The van der Waals surface area contributed by atoms with E-state index in [1.807, 2.05) is 11.8 Å². The molecule has 2 amide bonds. The molecule has 32 heavy (non-hydrogen) atoms. The number of aryl methyl sites for hydroxylation is 1. The number of aliphatic hydroxyl groups is 1. The Morgan fingerprint density at radius 3 is 2.72 bits per heavy atom. The monoisotopic (exact) mass is 438 g/mol. The zero-order valence-electron chi connectivity index (χ0n) is 18.1. The number of rotatable bonds is 3. The second-order valence-electron chi connectivity index (χ2n) is 8.69. The maximum absolute atomic E-state index is 13.9. The molecule has 0 saturated carbocycles. The van der Waals surface area contributed by atoms with Crippen LogP contribution in [0.5, 0.6) is 0 Å². The van der Waals surface area contributed by atoms with E-state index in [0.29, 0.717) is 48.4 Å². The van der Waals surface area contributed by atoms with Crippen LogP contribution in [-0.4, -0.2) is 71.0 Å². The number of hydrogen-bond acceptors (Lipinski definition) is 4. The molecular formula is C24H27FN4O3. The molecule has 1 saturated heterocycles. The summed E-state index contributed by atoms with van der Waals surface area (Å²) in [5.74, 6) is -0.598. The Bertz CT molecular complexity index is 1130. The lowest BCUT2D eigenvalue weighted by Crippen LogP contribution is -2.49. The molecule has 7 nitrogen and oxygen atoms in total. The van der Waals surface area contributed by atoms with Crippen molar-refractivity contribution in [3.63, 3.8) is 0 Å². The second-order valence-corrected chi connectivity index (χ2v) is 8.69. The van der Waals surface area contributed by atoms with Crippen LogP contribution in [0.3, 0.4) is 0 Å². The van der Waals surface area contributed by atoms with Crippen molar-refractivity contribution < 1.29 is 19.1 Å². The van der Waals surface area contributed by atoms with Gasteiger partial charge in [-0.3, -0.25) is 14.5 Å². The topological polar surface area (TPSA) is 88.7 Å². The normalized spacial score (nSPS) is 20.8. The Kier molecular flexibility index (Phi) is 5.35. The van der Waals surface area contributed by atoms with E-state index in [1.165, 1.54) is 12.1 Å². The van der Waals surface area contributed by atoms with Gasteiger partial charge in [-0.2, -0.15) is 0 Å². The Morgan fingerprint density at radius 2 is 1.97 bits per heavy atom. The molecule has 3 heterocycles. The third-order valence-electron chi connectivity index (χ3n) is 6.76. The minimum atomic E-state index is -0.381. The van der Waals surface area contributed by atoms with Crippen LogP contribution in [0.2, 0.25) is 0 Å². The highest BCUT2D eigenvalue weighted by molar-refractivity contribution is 6.36. The molecular weight excluding hydrogens is 411 g/mol. The number of hydrogen-bond donors (Lipinski definition) is 3. The average molecular weight is 439 g/mol. The number of aromatic nitrogens is 1. The summed E-state index contributed by atoms with van der Waals surface area (Å²) < 4.78 is 13.9. The smallest absolute Gasteiger partial charge is 0.256 e. The van der Waals surface area contributed by atoms with Crippen LogP contribution < -0.4 is 5.32 Å². The molecule has 0 atom stereocenters. The second kappa shape index (κ2) is 8.18. The zero-order chi connectivity index (χ0) is 22.4. The highest BCUT2D eigenvalue weighted by atomic mass is 19.1. The number of allylic oxidation sites excluding steroid dienone is 1. The van der Waals surface area contributed by atoms with Gasteiger partial charge in [0.2, 0.25) is 0 Å². The van der Waals surface area contributed by atoms with Crippen molar-refractivity contribution in [2.75, 3.05) is 44.6 Å². The van der Waals surface area contributed by atoms with Crippen LogP contribution >= 0.6 is 0 Å². The van der Waals surface area contributed by atoms with E-state index in [2.05, 4.69) is 15.2 Å². The van der Waals surface area contributed by atoms with Crippen LogP contribution in [0.4, 0.5) is 10.1 Å². The van der Waals surface area contributed by atoms with E-state index in [4.69, 9.17) is 5.11 Å². The summed E-state index contributed by atoms with van der Waals surface area (Å²) >= 11 is 0. The first-order valence-corrected chi connectivity index (χ1v) is 11.2. The lowest BCUT2D eigenvalue weighted by Gasteiger charge is -2.34. The number of fused-ring (bicyclic) bond motifs is 2. The molecule has 0 radical (unpaired) electrons. The molecule has 0 bridgehead atoms. The first kappa shape index (κ1) is 20.9. The molecule has 0 unspecified atom stereocenters. The van der Waals surface area contributed by atoms with Gasteiger partial charge in [0.25, 0.3) is 11.8 Å². The van der Waals surface area contributed by atoms with Gasteiger partial charge in [-0.25, -0.2) is 4.39 Å². The van der Waals surface area contributed by atoms with E-state index >= 15 is 0 Å². The molecule has 168 valence electrons. The van der Waals surface area contributed by atoms with Crippen molar-refractivity contribution in [3.8, 4) is 0 Å². The number of amides is 2. The van der Waals surface area contributed by atoms with E-state index in [0.717, 1.165) is 48.5 Å². The predicted octanol–water partition coefficient (Wildman–Crippen LogP) is 2.41. The van der Waals surface area contributed by atoms with Gasteiger partial charge in [0, 0.05) is 55.4 Å². The Morgan fingerprint density at radius 1 is 1.19 bits per heavy atom. The number of anilines is 1. The predicted molar refractivity (Wildman–Crippen MR) is 120 cm³/mol. The number of aromatic amines is 1. The number of β-amino-alcohol motifs (C(OH)–C–C–N with tert-alkyl or cyclic N) is 1. The summed E-state index contributed by atoms with van der Waals surface area (Å²) in [4.78, 5) is 33.7. The summed E-state index contributed by atoms with van der Waals surface area (Å²) in [6.07, 6.45) is 2.28. The Balaban J connectivity index is 1.51. The lowest BCUT2D eigenvalue weighted by atomic mass is 9.86. The molecule has 1 aliphatic carbocycles. The van der Waals surface area contributed by atoms with Gasteiger partial charge in [-0.15, -0.1) is 0 Å². The third-order valence-corrected chi connectivity index (χ3v) is 6.76. The van der Waals surface area contributed by atoms with Gasteiger partial charge >= 0.3 is 0 Å². The number of carbonyl (C=O) groups is 2. The molecule has 8 heteroatoms. The number of nitrogens with one attached hydrogen (secondary N) is 2. The molecule has 2 aliphatic heterocycles. The van der Waals surface area contributed by atoms with Crippen LogP contribution in [0.25, 0.3) is 11.1 Å². The van der Waals surface area contributed by atoms with E-state index in [9.17, 15) is 14.0 Å². The van der Waals surface area contributed by atoms with E-state index in [-0.39, 0.29) is 24.2 Å². The molecule has 0 spiro atoms. The summed E-state index contributed by atoms with van der Waals surface area (Å²) in [6.45, 7) is 5.39. The van der Waals surface area contributed by atoms with Crippen LogP contribution in [0.15, 0.2) is 18.2 Å². The van der Waals surface area contributed by atoms with Crippen molar-refractivity contribution >= 4 is 28.6 Å². The van der Waals surface area contributed by atoms with Crippen LogP contribution in [0, 0.1) is 12.7 Å². The minimum Gasteiger partial charge on any atom is -0.395 e. The van der Waals surface area contributed by atoms with Gasteiger partial charge in [0.1, 0.15) is 5.82 Å². The fourth-order valence-corrected chi connectivity index (χ4v) is 5.20. The molecule has 3 aliphatic rings. The van der Waals surface area contributed by atoms with Crippen LogP contribution in [0.1, 0.15) is 45.7 Å². The molecule has 1 aromatic carbocycles. The van der Waals surface area contributed by atoms with Crippen LogP contribution in [-0.2, 0) is 11.2 Å². The molecule has 1 fully saturated rings. The fraction of sp³-hybridized carbons (Fsp3) is 0.417. The fourth-order valence-electron chi connectivity index (χ4n) is 5.20. The minimum absolute atomic E-state index is 0.0113. The van der Waals surface area contributed by atoms with Crippen molar-refractivity contribution in [1.29, 1.82) is 0 Å². The van der Waals surface area contributed by atoms with Crippen molar-refractivity contribution in [2.45, 2.75) is 26.2 Å². The maximum atomic E-state index is 13.9. The third kappa shape index (κ3) is 3.43. The standard InChI is InChI=1S/C24H27FN4O3/c1-14-20(24(32)29-9-7-28(8-10-29)11-12-30)16-3-2-4-17(22(16)26-14)21-18-13-15(25)5-6-19(18)27-23(21)31/h5-6,13,26,30H,2-4,7-12H2,1H3,(H,27,31)/b21-17-. The summed E-state index contributed by atoms with van der Waals surface area (Å²) in [5, 5.41) is 12.0. The number of carbonyl (C=O) groups excluding carboxylic acids is 2. The number of piperazine rings is 1. The average Bonchev–Trinajstić information content (AvgIpc) is 3.29. The number of halogens is 1. The van der Waals surface area contributed by atoms with E-state index in [1.54, 1.807) is 6.07 Å². The summed E-state index contributed by atoms with van der Waals surface area (Å²) in [5.41, 5.74) is 5.84. The van der Waals surface area contributed by atoms with Gasteiger partial charge in [-0.05, 0) is 55.5 Å². The van der Waals surface area contributed by atoms with Gasteiger partial charge in [-0.1, -0.05) is 0 Å². The Labute approximate surface area is 185 Å². The van der Waals surface area contributed by atoms with E-state index < -0.39 is 0 Å². The zero-order valence-corrected chi connectivity index (χ0v) is 18.1. The molecule has 1 aromatic heterocycles. The number of H-pyrrole nitrogens is 1. The van der Waals surface area contributed by atoms with Gasteiger partial charge in [0.05, 0.1) is 17.7 Å². The number of aliphatic hydroxyl groups excluding tert-OH is 1. The first-order valence-electron chi connectivity index (χ1n) is 11.2. The molecule has 2 aromatic rings. The first-order chi connectivity index (χ1) is 15.5. The number of benzene rings is 1. The van der Waals surface area contributed by atoms with Crippen molar-refractivity contribution in [1.82, 2.24) is 14.8 Å². The maximum Gasteiger partial charge on any atom is 0.256 e. The Hall–Kier alpha value is -2.97.